The van der Waals surface area contributed by atoms with Gasteiger partial charge in [-0.05, 0) is 74.6 Å². The lowest BCUT2D eigenvalue weighted by Gasteiger charge is -2.28. The summed E-state index contributed by atoms with van der Waals surface area (Å²) < 4.78 is 0. The van der Waals surface area contributed by atoms with E-state index < -0.39 is 0 Å². The molecule has 0 unspecified atom stereocenters. The number of hydrogen-bond donors (Lipinski definition) is 1. The number of H-pyrrole nitrogens is 1. The zero-order valence-corrected chi connectivity index (χ0v) is 18.8. The first-order chi connectivity index (χ1) is 16.2. The van der Waals surface area contributed by atoms with Crippen molar-refractivity contribution in [3.8, 4) is 22.3 Å². The van der Waals surface area contributed by atoms with Crippen LogP contribution in [0.15, 0.2) is 73.3 Å². The first kappa shape index (κ1) is 20.1. The molecule has 1 fully saturated rings. The van der Waals surface area contributed by atoms with Crippen molar-refractivity contribution in [2.75, 3.05) is 20.1 Å². The molecule has 1 aliphatic heterocycles. The van der Waals surface area contributed by atoms with E-state index >= 15 is 0 Å². The van der Waals surface area contributed by atoms with Crippen molar-refractivity contribution in [2.45, 2.75) is 19.3 Å². The lowest BCUT2D eigenvalue weighted by molar-refractivity contribution is 0.218. The number of aromatic amines is 1. The van der Waals surface area contributed by atoms with Gasteiger partial charge in [-0.15, -0.1) is 0 Å². The Bertz CT molecular complexity index is 1410. The van der Waals surface area contributed by atoms with E-state index in [9.17, 15) is 0 Å². The summed E-state index contributed by atoms with van der Waals surface area (Å²) in [5.74, 6) is 0.689. The van der Waals surface area contributed by atoms with Crippen molar-refractivity contribution in [1.29, 1.82) is 0 Å². The largest absolute Gasteiger partial charge is 0.346 e. The first-order valence-electron chi connectivity index (χ1n) is 11.7. The van der Waals surface area contributed by atoms with Gasteiger partial charge in [-0.1, -0.05) is 36.4 Å². The molecule has 0 aliphatic carbocycles. The summed E-state index contributed by atoms with van der Waals surface area (Å²) in [4.78, 5) is 19.7. The van der Waals surface area contributed by atoms with Crippen molar-refractivity contribution in [1.82, 2.24) is 24.8 Å². The van der Waals surface area contributed by atoms with Crippen LogP contribution in [0.1, 0.15) is 18.5 Å². The van der Waals surface area contributed by atoms with Gasteiger partial charge >= 0.3 is 0 Å². The Morgan fingerprint density at radius 3 is 2.55 bits per heavy atom. The van der Waals surface area contributed by atoms with Crippen molar-refractivity contribution in [3.05, 3.63) is 79.0 Å². The molecule has 1 aliphatic rings. The fourth-order valence-electron chi connectivity index (χ4n) is 5.01. The number of hydrogen-bond acceptors (Lipinski definition) is 4. The van der Waals surface area contributed by atoms with Crippen LogP contribution in [0.4, 0.5) is 0 Å². The maximum atomic E-state index is 4.71. The van der Waals surface area contributed by atoms with Gasteiger partial charge in [-0.2, -0.15) is 0 Å². The number of nitrogens with one attached hydrogen (secondary N) is 1. The Morgan fingerprint density at radius 1 is 0.879 bits per heavy atom. The second-order valence-electron chi connectivity index (χ2n) is 9.19. The van der Waals surface area contributed by atoms with Crippen LogP contribution < -0.4 is 0 Å². The Labute approximate surface area is 193 Å². The molecular weight excluding hydrogens is 406 g/mol. The van der Waals surface area contributed by atoms with Crippen LogP contribution in [0.5, 0.6) is 0 Å². The fourth-order valence-corrected chi connectivity index (χ4v) is 5.01. The number of likely N-dealkylation sites (tertiary alicyclic amines) is 1. The number of rotatable bonds is 4. The normalized spacial score (nSPS) is 15.4. The number of benzene rings is 2. The van der Waals surface area contributed by atoms with Gasteiger partial charge in [0.05, 0.1) is 11.2 Å². The molecule has 0 saturated carbocycles. The van der Waals surface area contributed by atoms with Crippen LogP contribution in [0.25, 0.3) is 44.2 Å². The Morgan fingerprint density at radius 2 is 1.70 bits per heavy atom. The average Bonchev–Trinajstić information content (AvgIpc) is 3.29. The highest BCUT2D eigenvalue weighted by Crippen LogP contribution is 2.33. The third kappa shape index (κ3) is 3.89. The highest BCUT2D eigenvalue weighted by molar-refractivity contribution is 5.98. The molecule has 1 saturated heterocycles. The minimum atomic E-state index is 0.689. The van der Waals surface area contributed by atoms with Crippen LogP contribution in [0, 0.1) is 5.92 Å². The molecule has 164 valence electrons. The molecule has 1 N–H and O–H groups in total. The van der Waals surface area contributed by atoms with Crippen LogP contribution in [0.2, 0.25) is 0 Å². The number of fused-ring (bicyclic) bond motifs is 2. The van der Waals surface area contributed by atoms with Crippen molar-refractivity contribution < 1.29 is 0 Å². The first-order valence-corrected chi connectivity index (χ1v) is 11.7. The summed E-state index contributed by atoms with van der Waals surface area (Å²) >= 11 is 0. The molecule has 0 bridgehead atoms. The minimum absolute atomic E-state index is 0.689. The predicted molar refractivity (Wildman–Crippen MR) is 134 cm³/mol. The van der Waals surface area contributed by atoms with Crippen molar-refractivity contribution in [3.63, 3.8) is 0 Å². The Hall–Kier alpha value is -3.57. The molecule has 0 atom stereocenters. The highest BCUT2D eigenvalue weighted by atomic mass is 15.1. The van der Waals surface area contributed by atoms with E-state index in [0.29, 0.717) is 5.92 Å². The number of pyridine rings is 1. The standard InChI is InChI=1S/C28H27N5/c1-33-11-9-19(10-12-33)13-27-24-14-21(7-8-26(24)31-18-32-27)25-17-30-28-23(25)15-22(16-29-28)20-5-3-2-4-6-20/h2-8,14-19H,9-13H2,1H3,(H,29,30). The third-order valence-electron chi connectivity index (χ3n) is 6.99. The third-order valence-corrected chi connectivity index (χ3v) is 6.99. The van der Waals surface area contributed by atoms with Crippen molar-refractivity contribution >= 4 is 21.9 Å². The van der Waals surface area contributed by atoms with Gasteiger partial charge in [-0.3, -0.25) is 0 Å². The summed E-state index contributed by atoms with van der Waals surface area (Å²) in [6, 6.07) is 19.2. The van der Waals surface area contributed by atoms with Gasteiger partial charge < -0.3 is 9.88 Å². The molecule has 0 radical (unpaired) electrons. The van der Waals surface area contributed by atoms with Crippen molar-refractivity contribution in [2.24, 2.45) is 5.92 Å². The van der Waals surface area contributed by atoms with E-state index in [1.54, 1.807) is 6.33 Å². The van der Waals surface area contributed by atoms with E-state index in [2.05, 4.69) is 81.6 Å². The second-order valence-corrected chi connectivity index (χ2v) is 9.19. The van der Waals surface area contributed by atoms with Gasteiger partial charge in [0.2, 0.25) is 0 Å². The van der Waals surface area contributed by atoms with Gasteiger partial charge in [0.1, 0.15) is 12.0 Å². The lowest BCUT2D eigenvalue weighted by atomic mass is 9.91. The maximum Gasteiger partial charge on any atom is 0.137 e. The van der Waals surface area contributed by atoms with E-state index in [1.165, 1.54) is 42.8 Å². The number of aromatic nitrogens is 4. The molecule has 5 nitrogen and oxygen atoms in total. The SMILES string of the molecule is CN1CCC(Cc2ncnc3ccc(-c4c[nH]c5ncc(-c6ccccc6)cc45)cc23)CC1. The van der Waals surface area contributed by atoms with Gasteiger partial charge in [0.25, 0.3) is 0 Å². The topological polar surface area (TPSA) is 57.7 Å². The molecule has 2 aromatic carbocycles. The van der Waals surface area contributed by atoms with E-state index in [4.69, 9.17) is 4.98 Å². The van der Waals surface area contributed by atoms with Crippen LogP contribution in [-0.4, -0.2) is 45.0 Å². The Kier molecular flexibility index (Phi) is 5.11. The quantitative estimate of drug-likeness (QED) is 0.394. The monoisotopic (exact) mass is 433 g/mol. The zero-order chi connectivity index (χ0) is 22.2. The smallest absolute Gasteiger partial charge is 0.137 e. The average molecular weight is 434 g/mol. The maximum absolute atomic E-state index is 4.71. The molecule has 0 amide bonds. The van der Waals surface area contributed by atoms with Crippen LogP contribution >= 0.6 is 0 Å². The highest BCUT2D eigenvalue weighted by Gasteiger charge is 2.19. The second kappa shape index (κ2) is 8.41. The summed E-state index contributed by atoms with van der Waals surface area (Å²) in [7, 11) is 2.21. The van der Waals surface area contributed by atoms with E-state index in [1.807, 2.05) is 12.3 Å². The Balaban J connectivity index is 1.40. The van der Waals surface area contributed by atoms with E-state index in [-0.39, 0.29) is 0 Å². The lowest BCUT2D eigenvalue weighted by Crippen LogP contribution is -2.31. The van der Waals surface area contributed by atoms with Crippen LogP contribution in [-0.2, 0) is 6.42 Å². The van der Waals surface area contributed by atoms with Gasteiger partial charge in [0, 0.05) is 34.3 Å². The summed E-state index contributed by atoms with van der Waals surface area (Å²) in [5, 5.41) is 2.29. The fraction of sp³-hybridized carbons (Fsp3) is 0.250. The van der Waals surface area contributed by atoms with Crippen LogP contribution in [0.3, 0.4) is 0 Å². The molecule has 4 heterocycles. The molecule has 6 rings (SSSR count). The number of nitrogens with zero attached hydrogens (tertiary/aromatic N) is 4. The summed E-state index contributed by atoms with van der Waals surface area (Å²) in [5.41, 5.74) is 7.70. The number of piperidine rings is 1. The zero-order valence-electron chi connectivity index (χ0n) is 18.8. The predicted octanol–water partition coefficient (Wildman–Crippen LogP) is 5.72. The molecular formula is C28H27N5. The molecule has 0 spiro atoms. The summed E-state index contributed by atoms with van der Waals surface area (Å²) in [6.45, 7) is 2.34. The molecule has 3 aromatic heterocycles. The molecule has 5 aromatic rings. The van der Waals surface area contributed by atoms with Gasteiger partial charge in [0.15, 0.2) is 0 Å². The van der Waals surface area contributed by atoms with Gasteiger partial charge in [-0.25, -0.2) is 15.0 Å². The van der Waals surface area contributed by atoms with E-state index in [0.717, 1.165) is 39.5 Å². The molecule has 5 heteroatoms. The summed E-state index contributed by atoms with van der Waals surface area (Å²) in [6.07, 6.45) is 9.20. The minimum Gasteiger partial charge on any atom is -0.346 e. The molecule has 33 heavy (non-hydrogen) atoms.